The quantitative estimate of drug-likeness (QED) is 0.514. The Kier molecular flexibility index (Phi) is 7.52. The molecule has 1 atom stereocenters. The topological polar surface area (TPSA) is 30.5 Å². The fourth-order valence-electron chi connectivity index (χ4n) is 1.69. The second kappa shape index (κ2) is 8.89. The Hall–Kier alpha value is -0.380. The van der Waals surface area contributed by atoms with Crippen molar-refractivity contribution in [2.24, 2.45) is 5.92 Å². The van der Waals surface area contributed by atoms with E-state index < -0.39 is 0 Å². The van der Waals surface area contributed by atoms with Crippen molar-refractivity contribution in [1.29, 1.82) is 0 Å². The first-order chi connectivity index (χ1) is 7.43. The van der Waals surface area contributed by atoms with Gasteiger partial charge in [-0.3, -0.25) is 0 Å². The highest BCUT2D eigenvalue weighted by Gasteiger charge is 2.09. The van der Waals surface area contributed by atoms with E-state index >= 15 is 0 Å². The van der Waals surface area contributed by atoms with E-state index in [-0.39, 0.29) is 0 Å². The van der Waals surface area contributed by atoms with Crippen LogP contribution < -0.4 is 5.32 Å². The molecular weight excluding hydrogens is 190 g/mol. The lowest BCUT2D eigenvalue weighted by Crippen LogP contribution is -2.20. The van der Waals surface area contributed by atoms with Crippen molar-refractivity contribution < 1.29 is 9.47 Å². The predicted octanol–water partition coefficient (Wildman–Crippen LogP) is 1.60. The minimum absolute atomic E-state index is 0.651. The molecule has 0 bridgehead atoms. The van der Waals surface area contributed by atoms with Crippen LogP contribution in [0.2, 0.25) is 0 Å². The molecule has 88 valence electrons. The summed E-state index contributed by atoms with van der Waals surface area (Å²) in [5.74, 6) is 0.651. The van der Waals surface area contributed by atoms with Crippen molar-refractivity contribution in [3.63, 3.8) is 0 Å². The van der Waals surface area contributed by atoms with Crippen LogP contribution in [0.1, 0.15) is 19.3 Å². The van der Waals surface area contributed by atoms with Gasteiger partial charge in [-0.2, -0.15) is 0 Å². The molecule has 1 fully saturated rings. The highest BCUT2D eigenvalue weighted by Crippen LogP contribution is 2.14. The first kappa shape index (κ1) is 12.7. The smallest absolute Gasteiger partial charge is 0.0587 e. The van der Waals surface area contributed by atoms with E-state index in [2.05, 4.69) is 17.5 Å². The summed E-state index contributed by atoms with van der Waals surface area (Å²) in [5.41, 5.74) is 0. The predicted molar refractivity (Wildman–Crippen MR) is 62.0 cm³/mol. The third kappa shape index (κ3) is 6.66. The summed E-state index contributed by atoms with van der Waals surface area (Å²) >= 11 is 0. The molecule has 0 aliphatic carbocycles. The zero-order valence-corrected chi connectivity index (χ0v) is 9.71. The summed E-state index contributed by atoms with van der Waals surface area (Å²) in [6.07, 6.45) is 8.16. The summed E-state index contributed by atoms with van der Waals surface area (Å²) in [6.45, 7) is 4.63. The average Bonchev–Trinajstić information content (AvgIpc) is 2.29. The van der Waals surface area contributed by atoms with Crippen LogP contribution in [0.5, 0.6) is 0 Å². The van der Waals surface area contributed by atoms with Gasteiger partial charge in [-0.15, -0.1) is 0 Å². The normalized spacial score (nSPS) is 22.3. The lowest BCUT2D eigenvalue weighted by atomic mass is 10.0. The number of nitrogens with one attached hydrogen (secondary N) is 1. The number of methoxy groups -OCH3 is 1. The van der Waals surface area contributed by atoms with Gasteiger partial charge in [0.1, 0.15) is 0 Å². The van der Waals surface area contributed by atoms with E-state index in [1.165, 1.54) is 12.8 Å². The molecule has 0 aromatic rings. The van der Waals surface area contributed by atoms with Crippen LogP contribution in [0.25, 0.3) is 0 Å². The van der Waals surface area contributed by atoms with Crippen LogP contribution in [0, 0.1) is 5.92 Å². The van der Waals surface area contributed by atoms with Gasteiger partial charge in [0, 0.05) is 26.2 Å². The Balaban J connectivity index is 1.91. The highest BCUT2D eigenvalue weighted by atomic mass is 16.5. The van der Waals surface area contributed by atoms with Crippen LogP contribution in [0.15, 0.2) is 12.2 Å². The maximum Gasteiger partial charge on any atom is 0.0587 e. The summed E-state index contributed by atoms with van der Waals surface area (Å²) in [6, 6.07) is 0. The zero-order chi connectivity index (χ0) is 10.8. The van der Waals surface area contributed by atoms with Crippen molar-refractivity contribution in [2.45, 2.75) is 19.3 Å². The zero-order valence-electron chi connectivity index (χ0n) is 9.71. The number of hydrogen-bond acceptors (Lipinski definition) is 3. The Labute approximate surface area is 92.8 Å². The Bertz CT molecular complexity index is 165. The molecule has 0 aromatic carbocycles. The van der Waals surface area contributed by atoms with Gasteiger partial charge in [-0.25, -0.2) is 0 Å². The third-order valence-electron chi connectivity index (χ3n) is 2.57. The van der Waals surface area contributed by atoms with Crippen molar-refractivity contribution >= 4 is 0 Å². The molecule has 0 aromatic heterocycles. The molecule has 3 nitrogen and oxygen atoms in total. The maximum atomic E-state index is 5.41. The molecule has 15 heavy (non-hydrogen) atoms. The van der Waals surface area contributed by atoms with E-state index in [1.807, 2.05) is 0 Å². The van der Waals surface area contributed by atoms with Gasteiger partial charge in [0.2, 0.25) is 0 Å². The molecule has 0 amide bonds. The third-order valence-corrected chi connectivity index (χ3v) is 2.57. The standard InChI is InChI=1S/C12H23NO2/c1-14-10-8-13-7-3-2-5-12-6-4-9-15-11-12/h2,5,12-13H,3-4,6-11H2,1H3/b5-2+. The number of hydrogen-bond donors (Lipinski definition) is 1. The van der Waals surface area contributed by atoms with E-state index in [4.69, 9.17) is 9.47 Å². The SMILES string of the molecule is COCCNCC/C=C/C1CCCOC1. The Morgan fingerprint density at radius 1 is 1.47 bits per heavy atom. The van der Waals surface area contributed by atoms with Crippen LogP contribution in [-0.2, 0) is 9.47 Å². The minimum Gasteiger partial charge on any atom is -0.383 e. The Morgan fingerprint density at radius 3 is 3.13 bits per heavy atom. The molecule has 1 rings (SSSR count). The van der Waals surface area contributed by atoms with Gasteiger partial charge in [0.05, 0.1) is 13.2 Å². The summed E-state index contributed by atoms with van der Waals surface area (Å²) < 4.78 is 10.4. The molecule has 0 saturated carbocycles. The van der Waals surface area contributed by atoms with E-state index in [1.54, 1.807) is 7.11 Å². The molecule has 1 aliphatic rings. The maximum absolute atomic E-state index is 5.41. The first-order valence-electron chi connectivity index (χ1n) is 5.87. The first-order valence-corrected chi connectivity index (χ1v) is 5.87. The van der Waals surface area contributed by atoms with Gasteiger partial charge in [-0.05, 0) is 25.8 Å². The molecule has 0 spiro atoms. The lowest BCUT2D eigenvalue weighted by Gasteiger charge is -2.18. The molecule has 1 N–H and O–H groups in total. The van der Waals surface area contributed by atoms with Crippen LogP contribution in [0.3, 0.4) is 0 Å². The van der Waals surface area contributed by atoms with Crippen molar-refractivity contribution in [1.82, 2.24) is 5.32 Å². The molecule has 1 saturated heterocycles. The summed E-state index contributed by atoms with van der Waals surface area (Å²) in [4.78, 5) is 0. The summed E-state index contributed by atoms with van der Waals surface area (Å²) in [5, 5.41) is 3.32. The average molecular weight is 213 g/mol. The largest absolute Gasteiger partial charge is 0.383 e. The minimum atomic E-state index is 0.651. The van der Waals surface area contributed by atoms with Gasteiger partial charge >= 0.3 is 0 Å². The molecular formula is C12H23NO2. The fourth-order valence-corrected chi connectivity index (χ4v) is 1.69. The van der Waals surface area contributed by atoms with Gasteiger partial charge in [0.15, 0.2) is 0 Å². The van der Waals surface area contributed by atoms with Gasteiger partial charge in [-0.1, -0.05) is 12.2 Å². The molecule has 1 heterocycles. The van der Waals surface area contributed by atoms with Crippen LogP contribution in [0.4, 0.5) is 0 Å². The molecule has 1 unspecified atom stereocenters. The molecule has 1 aliphatic heterocycles. The monoisotopic (exact) mass is 213 g/mol. The van der Waals surface area contributed by atoms with E-state index in [0.717, 1.165) is 39.3 Å². The van der Waals surface area contributed by atoms with Gasteiger partial charge in [0.25, 0.3) is 0 Å². The summed E-state index contributed by atoms with van der Waals surface area (Å²) in [7, 11) is 1.73. The van der Waals surface area contributed by atoms with Crippen LogP contribution >= 0.6 is 0 Å². The Morgan fingerprint density at radius 2 is 2.40 bits per heavy atom. The van der Waals surface area contributed by atoms with Crippen LogP contribution in [-0.4, -0.2) is 40.0 Å². The van der Waals surface area contributed by atoms with Crippen molar-refractivity contribution in [3.8, 4) is 0 Å². The second-order valence-electron chi connectivity index (χ2n) is 3.94. The van der Waals surface area contributed by atoms with E-state index in [9.17, 15) is 0 Å². The number of ether oxygens (including phenoxy) is 2. The lowest BCUT2D eigenvalue weighted by molar-refractivity contribution is 0.0709. The molecule has 3 heteroatoms. The van der Waals surface area contributed by atoms with Crippen molar-refractivity contribution in [3.05, 3.63) is 12.2 Å². The fraction of sp³-hybridized carbons (Fsp3) is 0.833. The highest BCUT2D eigenvalue weighted by molar-refractivity contribution is 4.89. The van der Waals surface area contributed by atoms with Crippen molar-refractivity contribution in [2.75, 3.05) is 40.0 Å². The van der Waals surface area contributed by atoms with E-state index in [0.29, 0.717) is 5.92 Å². The van der Waals surface area contributed by atoms with Gasteiger partial charge < -0.3 is 14.8 Å². The number of rotatable bonds is 7. The molecule has 0 radical (unpaired) electrons. The second-order valence-corrected chi connectivity index (χ2v) is 3.94.